The van der Waals surface area contributed by atoms with Gasteiger partial charge >= 0.3 is 6.03 Å². The van der Waals surface area contributed by atoms with Gasteiger partial charge in [-0.2, -0.15) is 0 Å². The van der Waals surface area contributed by atoms with E-state index in [1.807, 2.05) is 55.1 Å². The lowest BCUT2D eigenvalue weighted by atomic mass is 9.89. The van der Waals surface area contributed by atoms with E-state index in [1.165, 1.54) is 11.3 Å². The molecule has 3 atom stereocenters. The Kier molecular flexibility index (Phi) is 5.82. The van der Waals surface area contributed by atoms with Crippen LogP contribution in [-0.2, 0) is 0 Å². The number of rotatable bonds is 3. The van der Waals surface area contributed by atoms with Crippen molar-refractivity contribution in [3.8, 4) is 5.75 Å². The summed E-state index contributed by atoms with van der Waals surface area (Å²) >= 11 is 0. The maximum Gasteiger partial charge on any atom is 0.325 e. The fourth-order valence-electron chi connectivity index (χ4n) is 6.18. The number of carbonyl (C=O) groups is 2. The van der Waals surface area contributed by atoms with Gasteiger partial charge in [0.25, 0.3) is 5.91 Å². The molecule has 0 saturated carbocycles. The van der Waals surface area contributed by atoms with Gasteiger partial charge in [-0.3, -0.25) is 9.69 Å². The zero-order valence-corrected chi connectivity index (χ0v) is 22.4. The highest BCUT2D eigenvalue weighted by Gasteiger charge is 2.50. The maximum absolute atomic E-state index is 13.6. The van der Waals surface area contributed by atoms with E-state index in [0.29, 0.717) is 30.8 Å². The van der Waals surface area contributed by atoms with Gasteiger partial charge in [0.05, 0.1) is 11.7 Å². The van der Waals surface area contributed by atoms with E-state index in [1.54, 1.807) is 4.90 Å². The van der Waals surface area contributed by atoms with E-state index in [-0.39, 0.29) is 24.0 Å². The highest BCUT2D eigenvalue weighted by atomic mass is 16.5. The van der Waals surface area contributed by atoms with Crippen molar-refractivity contribution in [2.75, 3.05) is 29.4 Å². The van der Waals surface area contributed by atoms with Crippen LogP contribution in [0.2, 0.25) is 0 Å². The topological polar surface area (TPSA) is 65.1 Å². The summed E-state index contributed by atoms with van der Waals surface area (Å²) in [6.07, 6.45) is 0.617. The number of amides is 3. The van der Waals surface area contributed by atoms with Crippen molar-refractivity contribution in [2.45, 2.75) is 51.9 Å². The number of anilines is 2. The van der Waals surface area contributed by atoms with Gasteiger partial charge in [-0.05, 0) is 69.7 Å². The summed E-state index contributed by atoms with van der Waals surface area (Å²) in [5.41, 5.74) is 4.93. The van der Waals surface area contributed by atoms with Crippen LogP contribution in [0, 0.1) is 13.8 Å². The fourth-order valence-corrected chi connectivity index (χ4v) is 6.18. The summed E-state index contributed by atoms with van der Waals surface area (Å²) in [7, 11) is 0. The van der Waals surface area contributed by atoms with E-state index in [4.69, 9.17) is 4.74 Å². The van der Waals surface area contributed by atoms with Crippen LogP contribution in [0.5, 0.6) is 5.75 Å². The highest BCUT2D eigenvalue weighted by molar-refractivity contribution is 5.99. The number of carbonyl (C=O) groups excluding carboxylic acids is 2. The average molecular weight is 511 g/mol. The first-order valence-electron chi connectivity index (χ1n) is 13.3. The lowest BCUT2D eigenvalue weighted by Crippen LogP contribution is -2.65. The maximum atomic E-state index is 13.6. The normalized spacial score (nSPS) is 24.4. The van der Waals surface area contributed by atoms with E-state index < -0.39 is 5.72 Å². The van der Waals surface area contributed by atoms with Gasteiger partial charge in [0.15, 0.2) is 5.72 Å². The fraction of sp³-hybridized carbons (Fsp3) is 0.355. The Labute approximate surface area is 224 Å². The van der Waals surface area contributed by atoms with Crippen molar-refractivity contribution in [3.63, 3.8) is 0 Å². The molecule has 3 aliphatic heterocycles. The molecule has 0 radical (unpaired) electrons. The lowest BCUT2D eigenvalue weighted by Gasteiger charge is -2.50. The summed E-state index contributed by atoms with van der Waals surface area (Å²) < 4.78 is 6.44. The molecule has 7 heteroatoms. The first-order valence-corrected chi connectivity index (χ1v) is 13.3. The Bertz CT molecular complexity index is 1420. The average Bonchev–Trinajstić information content (AvgIpc) is 2.88. The van der Waals surface area contributed by atoms with Gasteiger partial charge in [-0.15, -0.1) is 0 Å². The number of piperazine rings is 1. The molecule has 0 aromatic heterocycles. The summed E-state index contributed by atoms with van der Waals surface area (Å²) in [5.74, 6) is 0.764. The molecule has 2 saturated heterocycles. The highest BCUT2D eigenvalue weighted by Crippen LogP contribution is 2.45. The quantitative estimate of drug-likeness (QED) is 0.511. The largest absolute Gasteiger partial charge is 0.467 e. The van der Waals surface area contributed by atoms with Crippen molar-refractivity contribution >= 4 is 23.3 Å². The Balaban J connectivity index is 1.23. The second kappa shape index (κ2) is 9.08. The number of aryl methyl sites for hydroxylation is 2. The first-order chi connectivity index (χ1) is 18.2. The van der Waals surface area contributed by atoms with E-state index in [2.05, 4.69) is 54.4 Å². The van der Waals surface area contributed by atoms with Crippen LogP contribution >= 0.6 is 0 Å². The van der Waals surface area contributed by atoms with Crippen LogP contribution in [0.3, 0.4) is 0 Å². The monoisotopic (exact) mass is 510 g/mol. The van der Waals surface area contributed by atoms with Gasteiger partial charge in [0, 0.05) is 48.9 Å². The van der Waals surface area contributed by atoms with Gasteiger partial charge in [0.1, 0.15) is 5.75 Å². The van der Waals surface area contributed by atoms with E-state index in [0.717, 1.165) is 23.4 Å². The molecule has 2 bridgehead atoms. The minimum Gasteiger partial charge on any atom is -0.467 e. The predicted molar refractivity (Wildman–Crippen MR) is 149 cm³/mol. The van der Waals surface area contributed by atoms with E-state index in [9.17, 15) is 9.59 Å². The molecular weight excluding hydrogens is 476 g/mol. The third-order valence-corrected chi connectivity index (χ3v) is 8.03. The number of benzene rings is 3. The first kappa shape index (κ1) is 24.3. The van der Waals surface area contributed by atoms with Crippen LogP contribution in [0.1, 0.15) is 53.4 Å². The lowest BCUT2D eigenvalue weighted by molar-refractivity contribution is 0.0377. The number of fused-ring (bicyclic) bond motifs is 4. The van der Waals surface area contributed by atoms with Gasteiger partial charge in [-0.1, -0.05) is 35.9 Å². The number of hydrogen-bond donors (Lipinski definition) is 1. The minimum absolute atomic E-state index is 0.0200. The van der Waals surface area contributed by atoms with Crippen LogP contribution in [0.15, 0.2) is 66.7 Å². The van der Waals surface area contributed by atoms with Crippen molar-refractivity contribution in [3.05, 3.63) is 89.0 Å². The van der Waals surface area contributed by atoms with Gasteiger partial charge < -0.3 is 19.9 Å². The predicted octanol–water partition coefficient (Wildman–Crippen LogP) is 5.42. The molecule has 0 spiro atoms. The van der Waals surface area contributed by atoms with Crippen LogP contribution < -0.4 is 19.9 Å². The molecule has 7 nitrogen and oxygen atoms in total. The molecule has 3 aromatic carbocycles. The summed E-state index contributed by atoms with van der Waals surface area (Å²) in [4.78, 5) is 32.9. The Morgan fingerprint density at radius 2 is 1.74 bits per heavy atom. The van der Waals surface area contributed by atoms with Crippen LogP contribution in [0.4, 0.5) is 16.2 Å². The number of urea groups is 1. The SMILES string of the molecule is Cc1cccc(N2CCN(C(=O)c3cccc(N4C(=O)N[C@H]5C[C@@]4(C)Oc4ccc(C)cc45)c3)C[C@H]2C)c1. The van der Waals surface area contributed by atoms with Crippen LogP contribution in [-0.4, -0.2) is 48.2 Å². The van der Waals surface area contributed by atoms with Gasteiger partial charge in [0.2, 0.25) is 0 Å². The molecule has 3 aliphatic rings. The molecule has 0 unspecified atom stereocenters. The molecule has 3 heterocycles. The zero-order chi connectivity index (χ0) is 26.6. The third kappa shape index (κ3) is 4.16. The summed E-state index contributed by atoms with van der Waals surface area (Å²) in [5, 5.41) is 3.15. The van der Waals surface area contributed by atoms with Crippen molar-refractivity contribution in [2.24, 2.45) is 0 Å². The molecule has 0 aliphatic carbocycles. The van der Waals surface area contributed by atoms with Crippen molar-refractivity contribution < 1.29 is 14.3 Å². The summed E-state index contributed by atoms with van der Waals surface area (Å²) in [6.45, 7) is 10.3. The Morgan fingerprint density at radius 1 is 0.974 bits per heavy atom. The van der Waals surface area contributed by atoms with Crippen molar-refractivity contribution in [1.29, 1.82) is 0 Å². The molecule has 6 rings (SSSR count). The number of hydrogen-bond acceptors (Lipinski definition) is 4. The Hall–Kier alpha value is -4.00. The molecule has 2 fully saturated rings. The second-order valence-corrected chi connectivity index (χ2v) is 11.0. The van der Waals surface area contributed by atoms with Crippen molar-refractivity contribution in [1.82, 2.24) is 10.2 Å². The number of ether oxygens (including phenoxy) is 1. The molecule has 3 aromatic rings. The molecule has 38 heavy (non-hydrogen) atoms. The van der Waals surface area contributed by atoms with E-state index >= 15 is 0 Å². The molecule has 196 valence electrons. The standard InChI is InChI=1S/C31H34N4O3/c1-20-7-5-9-24(15-20)34-14-13-33(19-22(34)3)29(36)23-8-6-10-25(17-23)35-30(37)32-27-18-31(35,4)38-28-12-11-21(2)16-26(27)28/h5-12,15-17,22,27H,13-14,18-19H2,1-4H3,(H,32,37)/t22-,27+,31-/m1/s1. The minimum atomic E-state index is -0.856. The molecular formula is C31H34N4O3. The number of nitrogens with one attached hydrogen (secondary N) is 1. The smallest absolute Gasteiger partial charge is 0.325 e. The summed E-state index contributed by atoms with van der Waals surface area (Å²) in [6, 6.07) is 21.8. The second-order valence-electron chi connectivity index (χ2n) is 11.0. The zero-order valence-electron chi connectivity index (χ0n) is 22.4. The molecule has 3 amide bonds. The van der Waals surface area contributed by atoms with Gasteiger partial charge in [-0.25, -0.2) is 4.79 Å². The number of nitrogens with zero attached hydrogens (tertiary/aromatic N) is 3. The Morgan fingerprint density at radius 3 is 2.53 bits per heavy atom. The molecule has 1 N–H and O–H groups in total. The van der Waals surface area contributed by atoms with Crippen LogP contribution in [0.25, 0.3) is 0 Å². The third-order valence-electron chi connectivity index (χ3n) is 8.03.